The Kier molecular flexibility index (Phi) is 4.36. The molecule has 4 aromatic rings. The van der Waals surface area contributed by atoms with Crippen molar-refractivity contribution in [3.63, 3.8) is 0 Å². The average molecular weight is 343 g/mol. The monoisotopic (exact) mass is 343 g/mol. The van der Waals surface area contributed by atoms with Gasteiger partial charge in [-0.3, -0.25) is 0 Å². The highest BCUT2D eigenvalue weighted by molar-refractivity contribution is 6.63. The quantitative estimate of drug-likeness (QED) is 0.397. The molecule has 0 aliphatic heterocycles. The van der Waals surface area contributed by atoms with Crippen molar-refractivity contribution in [1.29, 1.82) is 0 Å². The van der Waals surface area contributed by atoms with Gasteiger partial charge in [-0.2, -0.15) is 0 Å². The van der Waals surface area contributed by atoms with Gasteiger partial charge in [0.05, 0.1) is 0 Å². The van der Waals surface area contributed by atoms with Crippen LogP contribution in [0.5, 0.6) is 0 Å². The molecule has 0 fully saturated rings. The second-order valence-corrected chi connectivity index (χ2v) is 7.86. The molecule has 0 atom stereocenters. The second kappa shape index (κ2) is 6.80. The minimum absolute atomic E-state index is 1.14. The Balaban J connectivity index is 2.01. The van der Waals surface area contributed by atoms with Crippen LogP contribution in [-0.2, 0) is 8.85 Å². The van der Waals surface area contributed by atoms with E-state index in [1.807, 2.05) is 6.07 Å². The van der Waals surface area contributed by atoms with Crippen LogP contribution in [-0.4, -0.2) is 23.5 Å². The third-order valence-corrected chi connectivity index (χ3v) is 6.21. The maximum atomic E-state index is 5.61. The molecule has 0 spiro atoms. The Morgan fingerprint density at radius 2 is 1.24 bits per heavy atom. The summed E-state index contributed by atoms with van der Waals surface area (Å²) in [6.45, 7) is 0. The summed E-state index contributed by atoms with van der Waals surface area (Å²) in [6, 6.07) is 27.8. The summed E-state index contributed by atoms with van der Waals surface area (Å²) in [4.78, 5) is 0. The first-order chi connectivity index (χ1) is 12.3. The summed E-state index contributed by atoms with van der Waals surface area (Å²) < 4.78 is 11.2. The van der Waals surface area contributed by atoms with Crippen molar-refractivity contribution >= 4 is 36.0 Å². The second-order valence-electron chi connectivity index (χ2n) is 5.93. The van der Waals surface area contributed by atoms with Gasteiger partial charge in [0.1, 0.15) is 0 Å². The van der Waals surface area contributed by atoms with Crippen molar-refractivity contribution in [1.82, 2.24) is 0 Å². The largest absolute Gasteiger partial charge is 0.423 e. The van der Waals surface area contributed by atoms with Gasteiger partial charge in [0.15, 0.2) is 0 Å². The van der Waals surface area contributed by atoms with Crippen LogP contribution in [0.4, 0.5) is 0 Å². The molecule has 0 amide bonds. The lowest BCUT2D eigenvalue weighted by atomic mass is 9.95. The summed E-state index contributed by atoms with van der Waals surface area (Å²) in [5.74, 6) is 0. The van der Waals surface area contributed by atoms with Crippen molar-refractivity contribution < 1.29 is 8.85 Å². The zero-order valence-corrected chi connectivity index (χ0v) is 15.3. The molecule has 0 heterocycles. The highest BCUT2D eigenvalue weighted by Gasteiger charge is 2.21. The minimum Gasteiger partial charge on any atom is -0.393 e. The van der Waals surface area contributed by atoms with Crippen LogP contribution >= 0.6 is 0 Å². The van der Waals surface area contributed by atoms with Gasteiger partial charge in [0.2, 0.25) is 0 Å². The van der Waals surface area contributed by atoms with Crippen LogP contribution in [0, 0.1) is 0 Å². The van der Waals surface area contributed by atoms with Gasteiger partial charge < -0.3 is 8.85 Å². The van der Waals surface area contributed by atoms with E-state index in [1.165, 1.54) is 32.7 Å². The molecule has 4 rings (SSSR count). The van der Waals surface area contributed by atoms with Crippen molar-refractivity contribution in [2.24, 2.45) is 0 Å². The SMILES string of the molecule is CO[Si](OC)c1ccccc1-c1cccc2c1ccc1ccccc12. The Morgan fingerprint density at radius 3 is 2.08 bits per heavy atom. The highest BCUT2D eigenvalue weighted by atomic mass is 28.3. The molecule has 0 aliphatic carbocycles. The van der Waals surface area contributed by atoms with Crippen LogP contribution < -0.4 is 5.19 Å². The van der Waals surface area contributed by atoms with Gasteiger partial charge in [-0.05, 0) is 32.7 Å². The minimum atomic E-state index is -1.49. The Hall–Kier alpha value is -2.46. The van der Waals surface area contributed by atoms with Gasteiger partial charge in [0.25, 0.3) is 0 Å². The first-order valence-electron chi connectivity index (χ1n) is 8.28. The van der Waals surface area contributed by atoms with E-state index in [4.69, 9.17) is 8.85 Å². The van der Waals surface area contributed by atoms with Crippen molar-refractivity contribution in [3.8, 4) is 11.1 Å². The number of benzene rings is 4. The lowest BCUT2D eigenvalue weighted by Crippen LogP contribution is -2.36. The number of hydrogen-bond acceptors (Lipinski definition) is 2. The first-order valence-corrected chi connectivity index (χ1v) is 9.60. The maximum Gasteiger partial charge on any atom is 0.423 e. The fraction of sp³-hybridized carbons (Fsp3) is 0.0909. The lowest BCUT2D eigenvalue weighted by Gasteiger charge is -2.16. The first kappa shape index (κ1) is 16.0. The zero-order chi connectivity index (χ0) is 17.2. The molecule has 0 unspecified atom stereocenters. The predicted molar refractivity (Wildman–Crippen MR) is 106 cm³/mol. The molecular weight excluding hydrogens is 324 g/mol. The van der Waals surface area contributed by atoms with E-state index < -0.39 is 9.28 Å². The molecule has 3 heteroatoms. The van der Waals surface area contributed by atoms with Gasteiger partial charge in [0, 0.05) is 19.4 Å². The Morgan fingerprint density at radius 1 is 0.560 bits per heavy atom. The lowest BCUT2D eigenvalue weighted by molar-refractivity contribution is 0.292. The Labute approximate surface area is 149 Å². The van der Waals surface area contributed by atoms with Crippen LogP contribution in [0.25, 0.3) is 32.7 Å². The van der Waals surface area contributed by atoms with Crippen LogP contribution in [0.15, 0.2) is 78.9 Å². The van der Waals surface area contributed by atoms with Crippen LogP contribution in [0.1, 0.15) is 0 Å². The van der Waals surface area contributed by atoms with Crippen LogP contribution in [0.3, 0.4) is 0 Å². The summed E-state index contributed by atoms with van der Waals surface area (Å²) >= 11 is 0. The molecule has 2 nitrogen and oxygen atoms in total. The van der Waals surface area contributed by atoms with Crippen molar-refractivity contribution in [2.75, 3.05) is 14.2 Å². The third-order valence-electron chi connectivity index (χ3n) is 4.59. The Bertz CT molecular complexity index is 1040. The molecule has 0 aromatic heterocycles. The number of hydrogen-bond donors (Lipinski definition) is 0. The molecular formula is C22H19O2Si. The third kappa shape index (κ3) is 2.76. The summed E-state index contributed by atoms with van der Waals surface area (Å²) in [5.41, 5.74) is 2.40. The molecule has 123 valence electrons. The van der Waals surface area contributed by atoms with Crippen molar-refractivity contribution in [2.45, 2.75) is 0 Å². The molecule has 0 saturated carbocycles. The average Bonchev–Trinajstić information content (AvgIpc) is 2.69. The summed E-state index contributed by atoms with van der Waals surface area (Å²) in [5, 5.41) is 6.21. The molecule has 4 aromatic carbocycles. The van der Waals surface area contributed by atoms with Gasteiger partial charge >= 0.3 is 9.28 Å². The number of rotatable bonds is 4. The topological polar surface area (TPSA) is 18.5 Å². The van der Waals surface area contributed by atoms with E-state index in [0.717, 1.165) is 5.19 Å². The smallest absolute Gasteiger partial charge is 0.393 e. The molecule has 0 saturated heterocycles. The molecule has 1 radical (unpaired) electrons. The van der Waals surface area contributed by atoms with Gasteiger partial charge in [-0.1, -0.05) is 78.9 Å². The van der Waals surface area contributed by atoms with E-state index in [9.17, 15) is 0 Å². The molecule has 0 aliphatic rings. The van der Waals surface area contributed by atoms with E-state index in [2.05, 4.69) is 72.8 Å². The zero-order valence-electron chi connectivity index (χ0n) is 14.3. The van der Waals surface area contributed by atoms with E-state index in [1.54, 1.807) is 14.2 Å². The fourth-order valence-electron chi connectivity index (χ4n) is 3.47. The van der Waals surface area contributed by atoms with E-state index >= 15 is 0 Å². The molecule has 0 N–H and O–H groups in total. The fourth-order valence-corrected chi connectivity index (χ4v) is 4.75. The predicted octanol–water partition coefficient (Wildman–Crippen LogP) is 4.65. The molecule has 0 bridgehead atoms. The van der Waals surface area contributed by atoms with Crippen LogP contribution in [0.2, 0.25) is 0 Å². The van der Waals surface area contributed by atoms with Crippen molar-refractivity contribution in [3.05, 3.63) is 78.9 Å². The maximum absolute atomic E-state index is 5.61. The normalized spacial score (nSPS) is 11.5. The van der Waals surface area contributed by atoms with E-state index in [0.29, 0.717) is 0 Å². The number of fused-ring (bicyclic) bond motifs is 3. The highest BCUT2D eigenvalue weighted by Crippen LogP contribution is 2.32. The van der Waals surface area contributed by atoms with Gasteiger partial charge in [-0.25, -0.2) is 0 Å². The molecule has 25 heavy (non-hydrogen) atoms. The summed E-state index contributed by atoms with van der Waals surface area (Å²) in [6.07, 6.45) is 0. The van der Waals surface area contributed by atoms with Gasteiger partial charge in [-0.15, -0.1) is 0 Å². The summed E-state index contributed by atoms with van der Waals surface area (Å²) in [7, 11) is 1.94. The van der Waals surface area contributed by atoms with E-state index in [-0.39, 0.29) is 0 Å². The standard InChI is InChI=1S/C22H19O2Si/c1-23-25(24-2)22-13-6-5-10-21(22)19-12-7-11-18-17-9-4-3-8-16(17)14-15-20(18)19/h3-15H,1-2H3.